The summed E-state index contributed by atoms with van der Waals surface area (Å²) in [5.41, 5.74) is 24.1. The highest BCUT2D eigenvalue weighted by Gasteiger charge is 2.50. The summed E-state index contributed by atoms with van der Waals surface area (Å²) < 4.78 is 26.8. The van der Waals surface area contributed by atoms with Crippen LogP contribution in [0.3, 0.4) is 0 Å². The Balaban J connectivity index is 1.04. The van der Waals surface area contributed by atoms with Gasteiger partial charge in [0, 0.05) is 78.4 Å². The number of aliphatic hydroxyl groups is 2. The number of phenols is 1. The lowest BCUT2D eigenvalue weighted by atomic mass is 9.70. The lowest BCUT2D eigenvalue weighted by molar-refractivity contribution is 0.157. The number of nitrogens with two attached hydrogens (primary N) is 2. The number of aromatic nitrogens is 1. The number of hydrogen-bond acceptors (Lipinski definition) is 11. The fraction of sp³-hybridized carbons (Fsp3) is 0.333. The molecular formula is C69H74N6O8. The number of aliphatic hydroxyl groups excluding tert-OH is 2. The summed E-state index contributed by atoms with van der Waals surface area (Å²) in [5.74, 6) is 2.15. The fourth-order valence-corrected chi connectivity index (χ4v) is 13.6. The number of aryl methyl sites for hydroxylation is 2. The molecule has 6 atom stereocenters. The molecule has 6 aromatic carbocycles. The predicted octanol–water partition coefficient (Wildman–Crippen LogP) is 10.7. The molecule has 0 radical (unpaired) electrons. The van der Waals surface area contributed by atoms with Crippen molar-refractivity contribution < 1.29 is 33.9 Å². The molecular weight excluding hydrogens is 1040 g/mol. The van der Waals surface area contributed by atoms with Crippen LogP contribution in [0.4, 0.5) is 11.5 Å². The van der Waals surface area contributed by atoms with Gasteiger partial charge in [0.05, 0.1) is 38.2 Å². The number of ether oxygens (including phenoxy) is 3. The van der Waals surface area contributed by atoms with Gasteiger partial charge in [-0.25, -0.2) is 4.99 Å². The van der Waals surface area contributed by atoms with Crippen molar-refractivity contribution in [2.75, 3.05) is 51.5 Å². The van der Waals surface area contributed by atoms with E-state index in [1.165, 1.54) is 35.6 Å². The third kappa shape index (κ3) is 11.5. The van der Waals surface area contributed by atoms with E-state index in [1.807, 2.05) is 36.4 Å². The van der Waals surface area contributed by atoms with Crippen LogP contribution >= 0.6 is 0 Å². The minimum atomic E-state index is -0.868. The van der Waals surface area contributed by atoms with Crippen molar-refractivity contribution >= 4 is 34.5 Å². The van der Waals surface area contributed by atoms with E-state index in [0.717, 1.165) is 85.4 Å². The van der Waals surface area contributed by atoms with E-state index in [0.29, 0.717) is 47.7 Å². The Morgan fingerprint density at radius 3 is 2.51 bits per heavy atom. The van der Waals surface area contributed by atoms with Crippen molar-refractivity contribution in [3.63, 3.8) is 0 Å². The maximum atomic E-state index is 14.9. The molecule has 1 aliphatic carbocycles. The molecule has 1 saturated heterocycles. The molecule has 10 bridgehead atoms. The van der Waals surface area contributed by atoms with Crippen LogP contribution in [0.15, 0.2) is 154 Å². The number of H-pyrrole nitrogens is 1. The Kier molecular flexibility index (Phi) is 15.9. The number of nitrogens with zero attached hydrogens (tertiary/aromatic N) is 2. The summed E-state index contributed by atoms with van der Waals surface area (Å²) >= 11 is 0. The van der Waals surface area contributed by atoms with E-state index in [2.05, 4.69) is 94.9 Å². The summed E-state index contributed by atoms with van der Waals surface area (Å²) in [5, 5.41) is 36.8. The Bertz CT molecular complexity index is 3760. The summed E-state index contributed by atoms with van der Waals surface area (Å²) in [7, 11) is 1.52. The number of fused-ring (bicyclic) bond motifs is 11. The topological polar surface area (TPSA) is 214 Å². The van der Waals surface area contributed by atoms with Gasteiger partial charge in [-0.1, -0.05) is 110 Å². The van der Waals surface area contributed by atoms with Crippen LogP contribution in [0.2, 0.25) is 0 Å². The predicted molar refractivity (Wildman–Crippen MR) is 328 cm³/mol. The molecule has 1 spiro atoms. The van der Waals surface area contributed by atoms with Crippen molar-refractivity contribution in [3.05, 3.63) is 194 Å². The number of anilines is 1. The van der Waals surface area contributed by atoms with Gasteiger partial charge in [-0.05, 0) is 133 Å². The lowest BCUT2D eigenvalue weighted by Crippen LogP contribution is -2.60. The zero-order valence-electron chi connectivity index (χ0n) is 47.3. The van der Waals surface area contributed by atoms with Crippen molar-refractivity contribution in [2.24, 2.45) is 28.3 Å². The van der Waals surface area contributed by atoms with E-state index < -0.39 is 12.0 Å². The molecule has 8 aromatic rings. The number of nitrogens with one attached hydrogen (secondary N) is 2. The van der Waals surface area contributed by atoms with Crippen molar-refractivity contribution in [3.8, 4) is 45.4 Å². The number of aliphatic imine (C=N–C) groups is 1. The van der Waals surface area contributed by atoms with Crippen LogP contribution in [0.1, 0.15) is 83.2 Å². The largest absolute Gasteiger partial charge is 0.508 e. The van der Waals surface area contributed by atoms with Gasteiger partial charge in [0.2, 0.25) is 5.75 Å². The van der Waals surface area contributed by atoms with E-state index >= 15 is 0 Å². The molecule has 2 fully saturated rings. The van der Waals surface area contributed by atoms with Gasteiger partial charge in [0.15, 0.2) is 22.9 Å². The van der Waals surface area contributed by atoms with E-state index in [1.54, 1.807) is 30.3 Å². The second-order valence-corrected chi connectivity index (χ2v) is 23.3. The van der Waals surface area contributed by atoms with Gasteiger partial charge in [0.1, 0.15) is 28.3 Å². The highest BCUT2D eigenvalue weighted by atomic mass is 16.5. The molecule has 13 rings (SSSR count). The normalized spacial score (nSPS) is 21.0. The number of piperazine rings is 1. The number of hydrogen-bond donors (Lipinski definition) is 7. The molecule has 4 aliphatic heterocycles. The zero-order valence-corrected chi connectivity index (χ0v) is 47.3. The summed E-state index contributed by atoms with van der Waals surface area (Å²) in [4.78, 5) is 26.5. The molecule has 9 N–H and O–H groups in total. The van der Waals surface area contributed by atoms with Gasteiger partial charge in [-0.3, -0.25) is 4.79 Å². The number of aromatic amines is 1. The molecule has 14 heteroatoms. The van der Waals surface area contributed by atoms with E-state index in [-0.39, 0.29) is 89.0 Å². The first-order valence-corrected chi connectivity index (χ1v) is 29.3. The molecule has 6 unspecified atom stereocenters. The van der Waals surface area contributed by atoms with Gasteiger partial charge in [-0.2, -0.15) is 0 Å². The number of aromatic hydroxyl groups is 1. The highest BCUT2D eigenvalue weighted by molar-refractivity contribution is 5.93. The second-order valence-electron chi connectivity index (χ2n) is 23.3. The summed E-state index contributed by atoms with van der Waals surface area (Å²) in [6.07, 6.45) is 9.02. The van der Waals surface area contributed by atoms with Gasteiger partial charge < -0.3 is 60.6 Å². The molecule has 83 heavy (non-hydrogen) atoms. The van der Waals surface area contributed by atoms with Crippen molar-refractivity contribution in [1.29, 1.82) is 0 Å². The smallest absolute Gasteiger partial charge is 0.204 e. The van der Waals surface area contributed by atoms with Crippen LogP contribution < -0.4 is 41.3 Å². The molecule has 0 amide bonds. The average Bonchev–Trinajstić information content (AvgIpc) is 2.79. The quantitative estimate of drug-likeness (QED) is 0.0503. The first-order chi connectivity index (χ1) is 40.4. The number of benzene rings is 6. The monoisotopic (exact) mass is 1110 g/mol. The third-order valence-electron chi connectivity index (χ3n) is 17.7. The van der Waals surface area contributed by atoms with E-state index in [9.17, 15) is 20.1 Å². The zero-order chi connectivity index (χ0) is 57.2. The van der Waals surface area contributed by atoms with Crippen molar-refractivity contribution in [1.82, 2.24) is 10.3 Å². The second kappa shape index (κ2) is 23.9. The Hall–Kier alpha value is -8.30. The highest BCUT2D eigenvalue weighted by Crippen LogP contribution is 2.53. The first-order valence-electron chi connectivity index (χ1n) is 29.3. The Morgan fingerprint density at radius 1 is 0.892 bits per heavy atom. The first kappa shape index (κ1) is 55.2. The van der Waals surface area contributed by atoms with E-state index in [4.69, 9.17) is 35.1 Å². The molecule has 2 aromatic heterocycles. The summed E-state index contributed by atoms with van der Waals surface area (Å²) in [6.45, 7) is 4.52. The Morgan fingerprint density at radius 2 is 1.70 bits per heavy atom. The molecule has 5 aliphatic rings. The van der Waals surface area contributed by atoms with Crippen molar-refractivity contribution in [2.45, 2.75) is 88.2 Å². The lowest BCUT2D eigenvalue weighted by Gasteiger charge is -2.49. The van der Waals surface area contributed by atoms with Gasteiger partial charge >= 0.3 is 0 Å². The van der Waals surface area contributed by atoms with Gasteiger partial charge in [-0.15, -0.1) is 0 Å². The van der Waals surface area contributed by atoms with Crippen LogP contribution in [-0.2, 0) is 37.5 Å². The minimum absolute atomic E-state index is 0.00454. The Labute approximate surface area is 484 Å². The van der Waals surface area contributed by atoms with Crippen LogP contribution in [-0.4, -0.2) is 85.0 Å². The number of guanidine groups is 1. The minimum Gasteiger partial charge on any atom is -0.508 e. The summed E-state index contributed by atoms with van der Waals surface area (Å²) in [6, 6.07) is 44.7. The van der Waals surface area contributed by atoms with Crippen LogP contribution in [0, 0.1) is 11.8 Å². The fourth-order valence-electron chi connectivity index (χ4n) is 13.6. The average molecular weight is 1120 g/mol. The standard InChI is InChI=1S/C69H74N6O8/c1-42-30-45-11-6-12-46(31-45)32-47-24-26-69(38-47)52-19-16-51(58(35-52)74-68(70)71)34-48(40-76)41-82-64-55(23-15-44-10-7-13-50(33-44)56-36-57(42)73-67(56)75-28-27-72-39-61(69)75)63-62(59(79)37-60(83-63)49-17-21-53(77)22-18-49)65(66(64)80-2)81-29-25-54(78)20-14-43-8-4-3-5-9-43/h3-14,16-22,31,33,35-37,42,47-48,54,61,72-73,76-78H,15,23-30,32,34,38-41H2,1-2H3,(H4,70,71,74). The third-order valence-corrected chi connectivity index (χ3v) is 17.7. The SMILES string of the molecule is COc1c2c(c3oc(-c4ccc(O)cc4)cc(=O)c3c1OCCC(O)C=Cc1ccccc1)CCc1cccc(c1)-c1cc3[nH]c1N1CCNCC1C1(CCC(Cc4cccc(c4)CC3C)C1)c1ccc(c(N=C(N)N)c1)CC(CO)CO2. The van der Waals surface area contributed by atoms with Gasteiger partial charge in [0.25, 0.3) is 0 Å². The maximum Gasteiger partial charge on any atom is 0.204 e. The number of methoxy groups -OCH3 is 1. The number of rotatable bonds is 10. The molecule has 14 nitrogen and oxygen atoms in total. The number of phenolic OH excluding ortho intramolecular Hbond substituents is 1. The molecule has 6 heterocycles. The molecule has 428 valence electrons. The maximum absolute atomic E-state index is 14.9. The van der Waals surface area contributed by atoms with Crippen LogP contribution in [0.25, 0.3) is 39.5 Å². The van der Waals surface area contributed by atoms with Crippen LogP contribution in [0.5, 0.6) is 23.0 Å². The molecule has 1 saturated carbocycles.